The van der Waals surface area contributed by atoms with Gasteiger partial charge >= 0.3 is 0 Å². The number of hydrogen-bond donors (Lipinski definition) is 2. The molecule has 0 heterocycles. The van der Waals surface area contributed by atoms with Gasteiger partial charge in [0.15, 0.2) is 0 Å². The predicted molar refractivity (Wildman–Crippen MR) is 83.3 cm³/mol. The summed E-state index contributed by atoms with van der Waals surface area (Å²) in [4.78, 5) is 11.4. The lowest BCUT2D eigenvalue weighted by atomic mass is 10.1. The Morgan fingerprint density at radius 1 is 1.14 bits per heavy atom. The summed E-state index contributed by atoms with van der Waals surface area (Å²) < 4.78 is 5.68. The smallest absolute Gasteiger partial charge is 0.238 e. The molecule has 0 bridgehead atoms. The molecule has 21 heavy (non-hydrogen) atoms. The zero-order chi connectivity index (χ0) is 15.2. The van der Waals surface area contributed by atoms with E-state index in [1.54, 1.807) is 18.2 Å². The minimum absolute atomic E-state index is 0.194. The molecule has 0 radical (unpaired) electrons. The molecular weight excluding hydrogens is 311 g/mol. The molecule has 0 saturated carbocycles. The van der Waals surface area contributed by atoms with E-state index in [1.807, 2.05) is 24.3 Å². The van der Waals surface area contributed by atoms with Crippen LogP contribution in [0.2, 0.25) is 10.0 Å². The number of hydrazine groups is 1. The highest BCUT2D eigenvalue weighted by atomic mass is 35.5. The average Bonchev–Trinajstić information content (AvgIpc) is 2.49. The molecule has 2 rings (SSSR count). The molecular formula is C15H14Cl2N2O2. The summed E-state index contributed by atoms with van der Waals surface area (Å²) >= 11 is 12.0. The third kappa shape index (κ3) is 4.36. The van der Waals surface area contributed by atoms with Crippen LogP contribution in [0.5, 0.6) is 5.75 Å². The molecule has 110 valence electrons. The van der Waals surface area contributed by atoms with Crippen molar-refractivity contribution < 1.29 is 9.53 Å². The van der Waals surface area contributed by atoms with Crippen molar-refractivity contribution >= 4 is 29.1 Å². The first kappa shape index (κ1) is 15.6. The molecule has 3 N–H and O–H groups in total. The van der Waals surface area contributed by atoms with Gasteiger partial charge in [0.05, 0.1) is 11.4 Å². The van der Waals surface area contributed by atoms with Gasteiger partial charge in [0.25, 0.3) is 0 Å². The second-order valence-electron chi connectivity index (χ2n) is 4.38. The van der Waals surface area contributed by atoms with Gasteiger partial charge in [-0.05, 0) is 23.3 Å². The van der Waals surface area contributed by atoms with Crippen LogP contribution in [0.3, 0.4) is 0 Å². The Bertz CT molecular complexity index is 647. The Labute approximate surface area is 132 Å². The van der Waals surface area contributed by atoms with Crippen LogP contribution in [0.1, 0.15) is 11.1 Å². The Kier molecular flexibility index (Phi) is 5.44. The number of carbonyl (C=O) groups is 1. The maximum absolute atomic E-state index is 11.4. The second kappa shape index (κ2) is 7.31. The molecule has 1 amide bonds. The van der Waals surface area contributed by atoms with Gasteiger partial charge < -0.3 is 4.74 Å². The van der Waals surface area contributed by atoms with E-state index >= 15 is 0 Å². The number of nitrogens with one attached hydrogen (secondary N) is 1. The van der Waals surface area contributed by atoms with E-state index in [1.165, 1.54) is 0 Å². The van der Waals surface area contributed by atoms with Crippen LogP contribution in [0.15, 0.2) is 42.5 Å². The third-order valence-corrected chi connectivity index (χ3v) is 3.45. The molecule has 2 aromatic carbocycles. The molecule has 0 aliphatic heterocycles. The fourth-order valence-electron chi connectivity index (χ4n) is 1.84. The van der Waals surface area contributed by atoms with Crippen molar-refractivity contribution in [2.75, 3.05) is 0 Å². The summed E-state index contributed by atoms with van der Waals surface area (Å²) in [6.45, 7) is 0.286. The molecule has 0 fully saturated rings. The maximum Gasteiger partial charge on any atom is 0.238 e. The molecule has 0 aliphatic carbocycles. The Hall–Kier alpha value is -1.75. The van der Waals surface area contributed by atoms with Crippen LogP contribution < -0.4 is 16.0 Å². The number of rotatable bonds is 5. The zero-order valence-corrected chi connectivity index (χ0v) is 12.6. The lowest BCUT2D eigenvalue weighted by Gasteiger charge is -2.12. The van der Waals surface area contributed by atoms with Gasteiger partial charge in [-0.15, -0.1) is 0 Å². The van der Waals surface area contributed by atoms with Crippen LogP contribution in [0.25, 0.3) is 0 Å². The lowest BCUT2D eigenvalue weighted by Crippen LogP contribution is -2.31. The van der Waals surface area contributed by atoms with Crippen LogP contribution >= 0.6 is 23.2 Å². The largest absolute Gasteiger partial charge is 0.487 e. The summed E-state index contributed by atoms with van der Waals surface area (Å²) in [6.07, 6.45) is 0.194. The van der Waals surface area contributed by atoms with Crippen molar-refractivity contribution in [3.8, 4) is 5.75 Å². The lowest BCUT2D eigenvalue weighted by molar-refractivity contribution is -0.120. The fourth-order valence-corrected chi connectivity index (χ4v) is 2.17. The quantitative estimate of drug-likeness (QED) is 0.504. The molecule has 6 heteroatoms. The van der Waals surface area contributed by atoms with E-state index in [9.17, 15) is 4.79 Å². The highest BCUT2D eigenvalue weighted by Crippen LogP contribution is 2.28. The number of nitrogens with two attached hydrogens (primary N) is 1. The zero-order valence-electron chi connectivity index (χ0n) is 11.1. The molecule has 4 nitrogen and oxygen atoms in total. The van der Waals surface area contributed by atoms with E-state index in [0.717, 1.165) is 11.1 Å². The standard InChI is InChI=1S/C15H14Cl2N2O2/c16-12-5-6-13(17)14(8-12)21-9-11-4-2-1-3-10(11)7-15(20)19-18/h1-6,8H,7,9,18H2,(H,19,20). The molecule has 0 spiro atoms. The van der Waals surface area contributed by atoms with Gasteiger partial charge in [0, 0.05) is 11.1 Å². The SMILES string of the molecule is NNC(=O)Cc1ccccc1COc1cc(Cl)ccc1Cl. The van der Waals surface area contributed by atoms with Crippen LogP contribution in [-0.2, 0) is 17.8 Å². The monoisotopic (exact) mass is 324 g/mol. The van der Waals surface area contributed by atoms with E-state index in [-0.39, 0.29) is 18.9 Å². The summed E-state index contributed by atoms with van der Waals surface area (Å²) in [5.41, 5.74) is 3.84. The molecule has 0 unspecified atom stereocenters. The van der Waals surface area contributed by atoms with Gasteiger partial charge in [0.1, 0.15) is 12.4 Å². The van der Waals surface area contributed by atoms with Crippen LogP contribution in [0, 0.1) is 0 Å². The van der Waals surface area contributed by atoms with Gasteiger partial charge in [-0.1, -0.05) is 47.5 Å². The minimum Gasteiger partial charge on any atom is -0.487 e. The summed E-state index contributed by atoms with van der Waals surface area (Å²) in [7, 11) is 0. The van der Waals surface area contributed by atoms with Gasteiger partial charge in [0.2, 0.25) is 5.91 Å². The first-order valence-electron chi connectivity index (χ1n) is 6.24. The number of ether oxygens (including phenoxy) is 1. The Morgan fingerprint density at radius 3 is 2.57 bits per heavy atom. The summed E-state index contributed by atoms with van der Waals surface area (Å²) in [5.74, 6) is 5.35. The van der Waals surface area contributed by atoms with Crippen LogP contribution in [0.4, 0.5) is 0 Å². The van der Waals surface area contributed by atoms with Gasteiger partial charge in [-0.25, -0.2) is 5.84 Å². The van der Waals surface area contributed by atoms with E-state index < -0.39 is 0 Å². The van der Waals surface area contributed by atoms with Crippen molar-refractivity contribution in [2.45, 2.75) is 13.0 Å². The number of carbonyl (C=O) groups excluding carboxylic acids is 1. The van der Waals surface area contributed by atoms with Crippen molar-refractivity contribution in [3.05, 3.63) is 63.6 Å². The average molecular weight is 325 g/mol. The van der Waals surface area contributed by atoms with Gasteiger partial charge in [-0.2, -0.15) is 0 Å². The first-order chi connectivity index (χ1) is 10.1. The predicted octanol–water partition coefficient (Wildman–Crippen LogP) is 3.10. The van der Waals surface area contributed by atoms with E-state index in [4.69, 9.17) is 33.8 Å². The van der Waals surface area contributed by atoms with Crippen molar-refractivity contribution in [1.82, 2.24) is 5.43 Å². The highest BCUT2D eigenvalue weighted by Gasteiger charge is 2.08. The molecule has 0 atom stereocenters. The number of hydrogen-bond acceptors (Lipinski definition) is 3. The molecule has 2 aromatic rings. The Morgan fingerprint density at radius 2 is 1.86 bits per heavy atom. The molecule has 0 aromatic heterocycles. The fraction of sp³-hybridized carbons (Fsp3) is 0.133. The third-order valence-electron chi connectivity index (χ3n) is 2.91. The molecule has 0 aliphatic rings. The Balaban J connectivity index is 2.13. The molecule has 0 saturated heterocycles. The number of benzene rings is 2. The first-order valence-corrected chi connectivity index (χ1v) is 7.00. The minimum atomic E-state index is -0.261. The van der Waals surface area contributed by atoms with Crippen LogP contribution in [-0.4, -0.2) is 5.91 Å². The normalized spacial score (nSPS) is 10.2. The summed E-state index contributed by atoms with van der Waals surface area (Å²) in [6, 6.07) is 12.5. The van der Waals surface area contributed by atoms with E-state index in [0.29, 0.717) is 15.8 Å². The number of amides is 1. The van der Waals surface area contributed by atoms with Crippen molar-refractivity contribution in [3.63, 3.8) is 0 Å². The van der Waals surface area contributed by atoms with Crippen molar-refractivity contribution in [1.29, 1.82) is 0 Å². The van der Waals surface area contributed by atoms with E-state index in [2.05, 4.69) is 5.43 Å². The summed E-state index contributed by atoms with van der Waals surface area (Å²) in [5, 5.41) is 1.03. The second-order valence-corrected chi connectivity index (χ2v) is 5.22. The topological polar surface area (TPSA) is 64.3 Å². The van der Waals surface area contributed by atoms with Crippen molar-refractivity contribution in [2.24, 2.45) is 5.84 Å². The maximum atomic E-state index is 11.4. The number of halogens is 2. The highest BCUT2D eigenvalue weighted by molar-refractivity contribution is 6.34. The van der Waals surface area contributed by atoms with Gasteiger partial charge in [-0.3, -0.25) is 10.2 Å².